The minimum atomic E-state index is -0.770. The monoisotopic (exact) mass is 353 g/mol. The molecular weight excluding hydrogens is 337 g/mol. The van der Waals surface area contributed by atoms with E-state index in [1.165, 1.54) is 0 Å². The summed E-state index contributed by atoms with van der Waals surface area (Å²) in [6.45, 7) is 1.66. The highest BCUT2D eigenvalue weighted by atomic mass is 35.5. The van der Waals surface area contributed by atoms with Gasteiger partial charge in [-0.3, -0.25) is 0 Å². The van der Waals surface area contributed by atoms with Crippen molar-refractivity contribution < 1.29 is 5.11 Å². The maximum Gasteiger partial charge on any atom is 0.0931 e. The van der Waals surface area contributed by atoms with Crippen LogP contribution in [0.25, 0.3) is 0 Å². The second-order valence-corrected chi connectivity index (χ2v) is 7.38. The van der Waals surface area contributed by atoms with E-state index in [1.807, 2.05) is 36.4 Å². The van der Waals surface area contributed by atoms with Crippen LogP contribution in [0.2, 0.25) is 10.0 Å². The maximum atomic E-state index is 11.0. The van der Waals surface area contributed by atoms with Gasteiger partial charge in [0.15, 0.2) is 0 Å². The van der Waals surface area contributed by atoms with E-state index in [4.69, 9.17) is 23.2 Å². The van der Waals surface area contributed by atoms with Crippen molar-refractivity contribution in [3.63, 3.8) is 0 Å². The van der Waals surface area contributed by atoms with E-state index >= 15 is 0 Å². The van der Waals surface area contributed by atoms with E-state index < -0.39 is 5.60 Å². The molecule has 1 aliphatic rings. The minimum Gasteiger partial charge on any atom is -0.385 e. The molecule has 0 unspecified atom stereocenters. The molecule has 0 saturated carbocycles. The molecule has 116 valence electrons. The lowest BCUT2D eigenvalue weighted by atomic mass is 9.85. The Morgan fingerprint density at radius 2 is 1.73 bits per heavy atom. The van der Waals surface area contributed by atoms with Gasteiger partial charge in [-0.05, 0) is 55.8 Å². The standard InChI is InChI=1S/C17H17Cl2NOS/c18-12-5-6-16(14(19)11-12)22-15-4-2-1-3-13(15)17(21)7-9-20-10-8-17/h1-6,11,20-21H,7-10H2. The fourth-order valence-corrected chi connectivity index (χ4v) is 4.29. The lowest BCUT2D eigenvalue weighted by Crippen LogP contribution is -2.40. The number of hydrogen-bond donors (Lipinski definition) is 2. The second kappa shape index (κ2) is 6.81. The first-order chi connectivity index (χ1) is 10.6. The molecule has 1 saturated heterocycles. The Hall–Kier alpha value is -0.710. The topological polar surface area (TPSA) is 32.3 Å². The van der Waals surface area contributed by atoms with Crippen molar-refractivity contribution in [3.8, 4) is 0 Å². The van der Waals surface area contributed by atoms with Crippen molar-refractivity contribution in [3.05, 3.63) is 58.1 Å². The van der Waals surface area contributed by atoms with E-state index in [0.717, 1.165) is 41.3 Å². The SMILES string of the molecule is OC1(c2ccccc2Sc2ccc(Cl)cc2Cl)CCNCC1. The van der Waals surface area contributed by atoms with Gasteiger partial charge in [0.25, 0.3) is 0 Å². The van der Waals surface area contributed by atoms with Crippen LogP contribution in [0.1, 0.15) is 18.4 Å². The molecular formula is C17H17Cl2NOS. The third-order valence-corrected chi connectivity index (χ3v) is 5.74. The summed E-state index contributed by atoms with van der Waals surface area (Å²) in [5.41, 5.74) is 0.209. The summed E-state index contributed by atoms with van der Waals surface area (Å²) in [6, 6.07) is 13.5. The Balaban J connectivity index is 1.94. The summed E-state index contributed by atoms with van der Waals surface area (Å²) in [5, 5.41) is 15.6. The number of hydrogen-bond acceptors (Lipinski definition) is 3. The van der Waals surface area contributed by atoms with Gasteiger partial charge in [-0.25, -0.2) is 0 Å². The summed E-state index contributed by atoms with van der Waals surface area (Å²) >= 11 is 13.8. The van der Waals surface area contributed by atoms with Gasteiger partial charge in [0.05, 0.1) is 10.6 Å². The van der Waals surface area contributed by atoms with Crippen molar-refractivity contribution in [1.29, 1.82) is 0 Å². The molecule has 0 spiro atoms. The number of aliphatic hydroxyl groups is 1. The number of rotatable bonds is 3. The van der Waals surface area contributed by atoms with E-state index in [-0.39, 0.29) is 0 Å². The molecule has 0 atom stereocenters. The highest BCUT2D eigenvalue weighted by Crippen LogP contribution is 2.41. The number of nitrogens with one attached hydrogen (secondary N) is 1. The predicted octanol–water partition coefficient (Wildman–Crippen LogP) is 4.72. The zero-order valence-corrected chi connectivity index (χ0v) is 14.3. The molecule has 2 nitrogen and oxygen atoms in total. The Kier molecular flexibility index (Phi) is 5.00. The summed E-state index contributed by atoms with van der Waals surface area (Å²) in [4.78, 5) is 1.98. The molecule has 2 aromatic carbocycles. The maximum absolute atomic E-state index is 11.0. The average molecular weight is 354 g/mol. The van der Waals surface area contributed by atoms with Gasteiger partial charge in [0.1, 0.15) is 0 Å². The molecule has 0 bridgehead atoms. The molecule has 1 heterocycles. The van der Waals surface area contributed by atoms with Crippen molar-refractivity contribution in [2.75, 3.05) is 13.1 Å². The molecule has 0 aromatic heterocycles. The normalized spacial score (nSPS) is 17.4. The first-order valence-electron chi connectivity index (χ1n) is 7.24. The zero-order chi connectivity index (χ0) is 15.6. The van der Waals surface area contributed by atoms with Crippen LogP contribution in [0.3, 0.4) is 0 Å². The first-order valence-corrected chi connectivity index (χ1v) is 8.81. The fraction of sp³-hybridized carbons (Fsp3) is 0.294. The van der Waals surface area contributed by atoms with E-state index in [1.54, 1.807) is 17.8 Å². The quantitative estimate of drug-likeness (QED) is 0.837. The van der Waals surface area contributed by atoms with Crippen LogP contribution in [0.15, 0.2) is 52.3 Å². The molecule has 5 heteroatoms. The van der Waals surface area contributed by atoms with Gasteiger partial charge >= 0.3 is 0 Å². The summed E-state index contributed by atoms with van der Waals surface area (Å²) in [5.74, 6) is 0. The van der Waals surface area contributed by atoms with Crippen LogP contribution in [-0.2, 0) is 5.60 Å². The van der Waals surface area contributed by atoms with Crippen LogP contribution >= 0.6 is 35.0 Å². The number of piperidine rings is 1. The summed E-state index contributed by atoms with van der Waals surface area (Å²) in [7, 11) is 0. The highest BCUT2D eigenvalue weighted by Gasteiger charge is 2.33. The van der Waals surface area contributed by atoms with E-state index in [0.29, 0.717) is 10.0 Å². The first kappa shape index (κ1) is 16.2. The van der Waals surface area contributed by atoms with Crippen molar-refractivity contribution in [2.24, 2.45) is 0 Å². The van der Waals surface area contributed by atoms with Crippen molar-refractivity contribution in [1.82, 2.24) is 5.32 Å². The lowest BCUT2D eigenvalue weighted by molar-refractivity contribution is 0.00351. The molecule has 0 aliphatic carbocycles. The fourth-order valence-electron chi connectivity index (χ4n) is 2.73. The van der Waals surface area contributed by atoms with E-state index in [2.05, 4.69) is 5.32 Å². The van der Waals surface area contributed by atoms with Crippen LogP contribution < -0.4 is 5.32 Å². The molecule has 1 aliphatic heterocycles. The van der Waals surface area contributed by atoms with Crippen LogP contribution in [0.4, 0.5) is 0 Å². The number of halogens is 2. The number of benzene rings is 2. The summed E-state index contributed by atoms with van der Waals surface area (Å²) in [6.07, 6.45) is 1.44. The Bertz CT molecular complexity index is 671. The smallest absolute Gasteiger partial charge is 0.0931 e. The Morgan fingerprint density at radius 1 is 1.00 bits per heavy atom. The Labute approximate surface area is 144 Å². The third kappa shape index (κ3) is 3.44. The molecule has 0 radical (unpaired) electrons. The average Bonchev–Trinajstić information content (AvgIpc) is 2.51. The second-order valence-electron chi connectivity index (χ2n) is 5.45. The van der Waals surface area contributed by atoms with E-state index in [9.17, 15) is 5.11 Å². The Morgan fingerprint density at radius 3 is 2.45 bits per heavy atom. The molecule has 3 rings (SSSR count). The van der Waals surface area contributed by atoms with Crippen LogP contribution in [0.5, 0.6) is 0 Å². The summed E-state index contributed by atoms with van der Waals surface area (Å²) < 4.78 is 0. The van der Waals surface area contributed by atoms with Crippen LogP contribution in [-0.4, -0.2) is 18.2 Å². The molecule has 2 aromatic rings. The van der Waals surface area contributed by atoms with Gasteiger partial charge in [-0.1, -0.05) is 53.2 Å². The zero-order valence-electron chi connectivity index (χ0n) is 12.0. The molecule has 0 amide bonds. The third-order valence-electron chi connectivity index (χ3n) is 3.93. The van der Waals surface area contributed by atoms with Gasteiger partial charge in [-0.2, -0.15) is 0 Å². The van der Waals surface area contributed by atoms with Crippen LogP contribution in [0, 0.1) is 0 Å². The molecule has 22 heavy (non-hydrogen) atoms. The minimum absolute atomic E-state index is 0.625. The molecule has 1 fully saturated rings. The van der Waals surface area contributed by atoms with Gasteiger partial charge < -0.3 is 10.4 Å². The highest BCUT2D eigenvalue weighted by molar-refractivity contribution is 7.99. The van der Waals surface area contributed by atoms with Crippen molar-refractivity contribution >= 4 is 35.0 Å². The van der Waals surface area contributed by atoms with Gasteiger partial charge in [0, 0.05) is 14.8 Å². The van der Waals surface area contributed by atoms with Gasteiger partial charge in [0.2, 0.25) is 0 Å². The lowest BCUT2D eigenvalue weighted by Gasteiger charge is -2.34. The van der Waals surface area contributed by atoms with Crippen molar-refractivity contribution in [2.45, 2.75) is 28.2 Å². The van der Waals surface area contributed by atoms with Gasteiger partial charge in [-0.15, -0.1) is 0 Å². The largest absolute Gasteiger partial charge is 0.385 e. The molecule has 2 N–H and O–H groups in total. The predicted molar refractivity (Wildman–Crippen MR) is 93.0 cm³/mol.